The van der Waals surface area contributed by atoms with Crippen molar-refractivity contribution >= 4 is 30.4 Å². The first-order valence-electron chi connectivity index (χ1n) is 6.78. The molecule has 12 nitrogen and oxygen atoms in total. The highest BCUT2D eigenvalue weighted by Crippen LogP contribution is 2.27. The van der Waals surface area contributed by atoms with Gasteiger partial charge < -0.3 is 8.37 Å². The number of benzene rings is 2. The number of hydrogen-bond acceptors (Lipinski definition) is 10. The fraction of sp³-hybridized carbons (Fsp3) is 0. The number of sulfone groups is 1. The minimum Gasteiger partial charge on any atom is -0.370 e. The molecule has 15 heteroatoms. The van der Waals surface area contributed by atoms with Crippen LogP contribution in [0.2, 0.25) is 0 Å². The first kappa shape index (κ1) is 21.0. The van der Waals surface area contributed by atoms with E-state index >= 15 is 0 Å². The van der Waals surface area contributed by atoms with Gasteiger partial charge in [-0.15, -0.1) is 9.66 Å². The summed E-state index contributed by atoms with van der Waals surface area (Å²) in [7, 11) is -12.8. The Morgan fingerprint density at radius 1 is 0.667 bits per heavy atom. The van der Waals surface area contributed by atoms with E-state index in [-0.39, 0.29) is 21.3 Å². The van der Waals surface area contributed by atoms with Gasteiger partial charge >= 0.3 is 20.6 Å². The standard InChI is InChI=1S/C12H14N4O8S3/c13-15-26(19,20)23-9-3-1-5-11(7-9)25(17,18)12-6-2-4-10(8-12)24-27(21,22)16-14/h1-8,15-16H,13-14H2. The van der Waals surface area contributed by atoms with Crippen molar-refractivity contribution in [3.05, 3.63) is 48.5 Å². The Balaban J connectivity index is 2.42. The van der Waals surface area contributed by atoms with E-state index < -0.39 is 30.4 Å². The van der Waals surface area contributed by atoms with Gasteiger partial charge in [-0.2, -0.15) is 16.8 Å². The van der Waals surface area contributed by atoms with Gasteiger partial charge in [-0.05, 0) is 24.3 Å². The van der Waals surface area contributed by atoms with E-state index in [2.05, 4.69) is 8.37 Å². The van der Waals surface area contributed by atoms with Crippen LogP contribution in [0.25, 0.3) is 0 Å². The summed E-state index contributed by atoms with van der Waals surface area (Å²) in [6, 6.07) is 9.19. The van der Waals surface area contributed by atoms with Crippen LogP contribution in [0.15, 0.2) is 58.3 Å². The molecule has 0 aromatic heterocycles. The molecule has 0 saturated carbocycles. The van der Waals surface area contributed by atoms with E-state index in [1.54, 1.807) is 0 Å². The molecule has 2 aromatic carbocycles. The predicted molar refractivity (Wildman–Crippen MR) is 92.1 cm³/mol. The van der Waals surface area contributed by atoms with Crippen LogP contribution in [0, 0.1) is 0 Å². The summed E-state index contributed by atoms with van der Waals surface area (Å²) in [4.78, 5) is 2.22. The van der Waals surface area contributed by atoms with Crippen LogP contribution in [0.5, 0.6) is 11.5 Å². The third-order valence-electron chi connectivity index (χ3n) is 2.93. The molecular weight excluding hydrogens is 424 g/mol. The van der Waals surface area contributed by atoms with Gasteiger partial charge in [-0.25, -0.2) is 8.42 Å². The first-order chi connectivity index (χ1) is 12.5. The number of rotatable bonds is 8. The Hall–Kier alpha value is -2.27. The monoisotopic (exact) mass is 438 g/mol. The molecule has 2 aromatic rings. The Labute approximate surface area is 155 Å². The maximum atomic E-state index is 12.7. The normalized spacial score (nSPS) is 12.5. The molecule has 0 heterocycles. The second kappa shape index (κ2) is 7.77. The molecule has 0 aliphatic carbocycles. The third-order valence-corrected chi connectivity index (χ3v) is 6.08. The van der Waals surface area contributed by atoms with E-state index in [9.17, 15) is 25.3 Å². The van der Waals surface area contributed by atoms with Crippen LogP contribution in [-0.4, -0.2) is 25.3 Å². The molecule has 0 aliphatic heterocycles. The molecule has 0 bridgehead atoms. The van der Waals surface area contributed by atoms with Crippen LogP contribution in [0.1, 0.15) is 0 Å². The fourth-order valence-electron chi connectivity index (χ4n) is 1.82. The molecule has 0 fully saturated rings. The smallest absolute Gasteiger partial charge is 0.370 e. The Morgan fingerprint density at radius 3 is 1.37 bits per heavy atom. The van der Waals surface area contributed by atoms with Crippen molar-refractivity contribution in [2.75, 3.05) is 0 Å². The van der Waals surface area contributed by atoms with Gasteiger partial charge in [0, 0.05) is 12.1 Å². The summed E-state index contributed by atoms with van der Waals surface area (Å²) in [5.41, 5.74) is 0. The van der Waals surface area contributed by atoms with Crippen LogP contribution >= 0.6 is 0 Å². The molecule has 0 saturated heterocycles. The molecule has 0 unspecified atom stereocenters. The zero-order valence-corrected chi connectivity index (χ0v) is 15.7. The highest BCUT2D eigenvalue weighted by atomic mass is 32.2. The van der Waals surface area contributed by atoms with E-state index in [1.807, 2.05) is 0 Å². The van der Waals surface area contributed by atoms with E-state index in [4.69, 9.17) is 11.7 Å². The van der Waals surface area contributed by atoms with E-state index in [0.29, 0.717) is 0 Å². The van der Waals surface area contributed by atoms with Crippen molar-refractivity contribution in [2.24, 2.45) is 11.7 Å². The Morgan fingerprint density at radius 2 is 1.04 bits per heavy atom. The minimum absolute atomic E-state index is 0.309. The van der Waals surface area contributed by atoms with Crippen molar-refractivity contribution < 1.29 is 33.6 Å². The lowest BCUT2D eigenvalue weighted by Crippen LogP contribution is -2.34. The zero-order chi connectivity index (χ0) is 20.3. The van der Waals surface area contributed by atoms with E-state index in [1.165, 1.54) is 46.1 Å². The average molecular weight is 438 g/mol. The lowest BCUT2D eigenvalue weighted by Gasteiger charge is -2.10. The van der Waals surface area contributed by atoms with Gasteiger partial charge in [0.05, 0.1) is 9.79 Å². The van der Waals surface area contributed by atoms with Gasteiger partial charge in [0.1, 0.15) is 11.5 Å². The van der Waals surface area contributed by atoms with Gasteiger partial charge in [-0.3, -0.25) is 11.7 Å². The zero-order valence-electron chi connectivity index (χ0n) is 13.3. The number of hydrazine groups is 2. The number of nitrogens with one attached hydrogen (secondary N) is 2. The molecule has 0 radical (unpaired) electrons. The molecule has 0 aliphatic rings. The lowest BCUT2D eigenvalue weighted by atomic mass is 10.3. The molecule has 0 atom stereocenters. The summed E-state index contributed by atoms with van der Waals surface area (Å²) >= 11 is 0. The van der Waals surface area contributed by atoms with Crippen LogP contribution < -0.4 is 29.7 Å². The molecule has 148 valence electrons. The average Bonchev–Trinajstić information content (AvgIpc) is 2.61. The lowest BCUT2D eigenvalue weighted by molar-refractivity contribution is 0.471. The van der Waals surface area contributed by atoms with Crippen molar-refractivity contribution in [3.8, 4) is 11.5 Å². The SMILES string of the molecule is NNS(=O)(=O)Oc1cccc(S(=O)(=O)c2cccc(OS(=O)(=O)NN)c2)c1. The molecule has 6 N–H and O–H groups in total. The third kappa shape index (κ3) is 5.36. The second-order valence-corrected chi connectivity index (χ2v) is 9.33. The topological polar surface area (TPSA) is 197 Å². The fourth-order valence-corrected chi connectivity index (χ4v) is 3.96. The van der Waals surface area contributed by atoms with Gasteiger partial charge in [0.25, 0.3) is 0 Å². The number of nitrogens with two attached hydrogens (primary N) is 2. The Kier molecular flexibility index (Phi) is 6.05. The van der Waals surface area contributed by atoms with Crippen molar-refractivity contribution in [3.63, 3.8) is 0 Å². The van der Waals surface area contributed by atoms with Crippen molar-refractivity contribution in [2.45, 2.75) is 9.79 Å². The van der Waals surface area contributed by atoms with Crippen LogP contribution in [-0.2, 0) is 30.4 Å². The van der Waals surface area contributed by atoms with Gasteiger partial charge in [0.2, 0.25) is 9.84 Å². The Bertz CT molecular complexity index is 1060. The summed E-state index contributed by atoms with van der Waals surface area (Å²) in [6.07, 6.45) is 0. The minimum atomic E-state index is -4.30. The summed E-state index contributed by atoms with van der Waals surface area (Å²) < 4.78 is 79.8. The summed E-state index contributed by atoms with van der Waals surface area (Å²) in [5.74, 6) is 8.96. The summed E-state index contributed by atoms with van der Waals surface area (Å²) in [6.45, 7) is 0. The van der Waals surface area contributed by atoms with Gasteiger partial charge in [0.15, 0.2) is 0 Å². The van der Waals surface area contributed by atoms with Crippen LogP contribution in [0.4, 0.5) is 0 Å². The van der Waals surface area contributed by atoms with E-state index in [0.717, 1.165) is 12.1 Å². The predicted octanol–water partition coefficient (Wildman–Crippen LogP) is -1.31. The van der Waals surface area contributed by atoms with Crippen molar-refractivity contribution in [1.82, 2.24) is 9.66 Å². The van der Waals surface area contributed by atoms with Gasteiger partial charge in [-0.1, -0.05) is 12.1 Å². The largest absolute Gasteiger partial charge is 0.395 e. The molecule has 27 heavy (non-hydrogen) atoms. The highest BCUT2D eigenvalue weighted by Gasteiger charge is 2.21. The maximum absolute atomic E-state index is 12.7. The highest BCUT2D eigenvalue weighted by molar-refractivity contribution is 7.91. The summed E-state index contributed by atoms with van der Waals surface area (Å²) in [5, 5.41) is 0. The maximum Gasteiger partial charge on any atom is 0.395 e. The molecule has 0 spiro atoms. The van der Waals surface area contributed by atoms with Crippen molar-refractivity contribution in [1.29, 1.82) is 0 Å². The first-order valence-corrected chi connectivity index (χ1v) is 11.1. The molecular formula is C12H14N4O8S3. The number of hydrogen-bond donors (Lipinski definition) is 4. The molecule has 0 amide bonds. The molecule has 2 rings (SSSR count). The quantitative estimate of drug-likeness (QED) is 0.284. The second-order valence-electron chi connectivity index (χ2n) is 4.76. The van der Waals surface area contributed by atoms with Crippen LogP contribution in [0.3, 0.4) is 0 Å².